The summed E-state index contributed by atoms with van der Waals surface area (Å²) < 4.78 is 45.3. The smallest absolute Gasteiger partial charge is 0.319 e. The topological polar surface area (TPSA) is 74.5 Å². The van der Waals surface area contributed by atoms with E-state index in [4.69, 9.17) is 19.4 Å². The third-order valence-electron chi connectivity index (χ3n) is 10.8. The summed E-state index contributed by atoms with van der Waals surface area (Å²) in [4.78, 5) is 15.0. The lowest BCUT2D eigenvalue weighted by atomic mass is 9.91. The quantitative estimate of drug-likeness (QED) is 0.137. The highest BCUT2D eigenvalue weighted by Gasteiger charge is 2.38. The van der Waals surface area contributed by atoms with E-state index in [1.807, 2.05) is 40.8 Å². The van der Waals surface area contributed by atoms with Crippen molar-refractivity contribution in [2.24, 2.45) is 11.8 Å². The number of aryl methyl sites for hydroxylation is 1. The SMILES string of the molecule is CCC(C)CCC(C(C)C)N(C)c1nc(OC(C)C2C(OC)CCN2C)nc2c(F)c(-c3ccc(F)c4sc(C(C)C)c(C#N)c34)c(C)cc12. The summed E-state index contributed by atoms with van der Waals surface area (Å²) in [7, 11) is 5.80. The summed E-state index contributed by atoms with van der Waals surface area (Å²) in [5.74, 6) is 0.548. The van der Waals surface area contributed by atoms with Crippen LogP contribution in [0, 0.1) is 41.7 Å². The molecule has 0 radical (unpaired) electrons. The molecule has 7 nitrogen and oxygen atoms in total. The third-order valence-corrected chi connectivity index (χ3v) is 12.3. The van der Waals surface area contributed by atoms with Crippen LogP contribution in [0.25, 0.3) is 32.1 Å². The van der Waals surface area contributed by atoms with Crippen molar-refractivity contribution in [1.29, 1.82) is 5.26 Å². The molecule has 0 amide bonds. The first kappa shape index (κ1) is 37.9. The molecule has 3 heterocycles. The number of hydrogen-bond acceptors (Lipinski definition) is 8. The molecule has 5 unspecified atom stereocenters. The Morgan fingerprint density at radius 1 is 1.12 bits per heavy atom. The largest absolute Gasteiger partial charge is 0.459 e. The molecule has 1 aliphatic heterocycles. The Morgan fingerprint density at radius 3 is 2.46 bits per heavy atom. The minimum Gasteiger partial charge on any atom is -0.459 e. The van der Waals surface area contributed by atoms with Crippen molar-refractivity contribution in [2.45, 2.75) is 111 Å². The Bertz CT molecular complexity index is 1890. The van der Waals surface area contributed by atoms with Gasteiger partial charge in [0.1, 0.15) is 29.3 Å². The number of likely N-dealkylation sites (tertiary alicyclic amines) is 1. The van der Waals surface area contributed by atoms with E-state index in [1.165, 1.54) is 17.4 Å². The number of nitriles is 1. The molecular weight excluding hydrogens is 653 g/mol. The number of methoxy groups -OCH3 is 1. The molecule has 0 spiro atoms. The fraction of sp³-hybridized carbons (Fsp3) is 0.575. The van der Waals surface area contributed by atoms with Crippen LogP contribution < -0.4 is 9.64 Å². The van der Waals surface area contributed by atoms with Gasteiger partial charge >= 0.3 is 6.01 Å². The highest BCUT2D eigenvalue weighted by molar-refractivity contribution is 7.19. The van der Waals surface area contributed by atoms with Crippen molar-refractivity contribution >= 4 is 38.1 Å². The first-order chi connectivity index (χ1) is 23.7. The number of halogens is 2. The maximum absolute atomic E-state index is 17.4. The number of benzene rings is 2. The van der Waals surface area contributed by atoms with Crippen molar-refractivity contribution < 1.29 is 18.3 Å². The number of rotatable bonds is 13. The highest BCUT2D eigenvalue weighted by atomic mass is 32.1. The van der Waals surface area contributed by atoms with E-state index in [-0.39, 0.29) is 41.7 Å². The average molecular weight is 706 g/mol. The van der Waals surface area contributed by atoms with E-state index >= 15 is 8.78 Å². The van der Waals surface area contributed by atoms with Crippen LogP contribution in [0.1, 0.15) is 96.1 Å². The third kappa shape index (κ3) is 7.06. The number of ether oxygens (including phenoxy) is 2. The molecule has 2 aromatic carbocycles. The van der Waals surface area contributed by atoms with Gasteiger partial charge in [0, 0.05) is 48.0 Å². The molecule has 270 valence electrons. The molecule has 4 aromatic rings. The van der Waals surface area contributed by atoms with Crippen molar-refractivity contribution in [3.05, 3.63) is 45.8 Å². The Kier molecular flexibility index (Phi) is 11.7. The Morgan fingerprint density at radius 2 is 1.84 bits per heavy atom. The standard InChI is InChI=1S/C40H53F2N5O2S/c1-12-23(6)13-16-30(21(2)3)47(10)39-27-19-24(7)32(26-14-15-29(41)38-33(26)28(20-43)37(50-38)22(4)5)34(42)35(27)44-40(45-39)49-25(8)36-31(48-11)17-18-46(36)9/h14-15,19,21-23,25,30-31,36H,12-13,16-18H2,1-11H3. The first-order valence-electron chi connectivity index (χ1n) is 18.0. The zero-order valence-corrected chi connectivity index (χ0v) is 32.3. The fourth-order valence-electron chi connectivity index (χ4n) is 7.76. The van der Waals surface area contributed by atoms with Gasteiger partial charge in [-0.15, -0.1) is 11.3 Å². The minimum atomic E-state index is -0.544. The number of nitrogens with zero attached hydrogens (tertiary/aromatic N) is 5. The van der Waals surface area contributed by atoms with Crippen molar-refractivity contribution in [3.8, 4) is 23.2 Å². The van der Waals surface area contributed by atoms with Crippen molar-refractivity contribution in [1.82, 2.24) is 14.9 Å². The molecule has 1 saturated heterocycles. The summed E-state index contributed by atoms with van der Waals surface area (Å²) in [5, 5.41) is 11.3. The van der Waals surface area contributed by atoms with Gasteiger partial charge in [-0.1, -0.05) is 54.0 Å². The summed E-state index contributed by atoms with van der Waals surface area (Å²) in [5.41, 5.74) is 1.95. The van der Waals surface area contributed by atoms with Crippen molar-refractivity contribution in [3.63, 3.8) is 0 Å². The average Bonchev–Trinajstić information content (AvgIpc) is 3.66. The van der Waals surface area contributed by atoms with Crippen LogP contribution in [-0.2, 0) is 4.74 Å². The minimum absolute atomic E-state index is 0.00831. The predicted octanol–water partition coefficient (Wildman–Crippen LogP) is 9.87. The van der Waals surface area contributed by atoms with E-state index in [9.17, 15) is 5.26 Å². The van der Waals surface area contributed by atoms with E-state index < -0.39 is 11.6 Å². The number of fused-ring (bicyclic) bond motifs is 2. The molecule has 0 bridgehead atoms. The molecule has 5 rings (SSSR count). The number of thiophene rings is 1. The van der Waals surface area contributed by atoms with Gasteiger partial charge in [-0.25, -0.2) is 8.78 Å². The van der Waals surface area contributed by atoms with Gasteiger partial charge in [0.15, 0.2) is 5.82 Å². The number of anilines is 1. The maximum Gasteiger partial charge on any atom is 0.319 e. The summed E-state index contributed by atoms with van der Waals surface area (Å²) in [6.07, 6.45) is 3.68. The van der Waals surface area contributed by atoms with Crippen LogP contribution in [0.5, 0.6) is 6.01 Å². The van der Waals surface area contributed by atoms with Crippen LogP contribution in [0.3, 0.4) is 0 Å². The second-order valence-electron chi connectivity index (χ2n) is 14.9. The van der Waals surface area contributed by atoms with Crippen molar-refractivity contribution in [2.75, 3.05) is 32.6 Å². The first-order valence-corrected chi connectivity index (χ1v) is 18.8. The van der Waals surface area contributed by atoms with E-state index in [2.05, 4.69) is 50.6 Å². The second kappa shape index (κ2) is 15.5. The summed E-state index contributed by atoms with van der Waals surface area (Å²) in [6.45, 7) is 17.6. The van der Waals surface area contributed by atoms with Gasteiger partial charge < -0.3 is 14.4 Å². The highest BCUT2D eigenvalue weighted by Crippen LogP contribution is 2.45. The van der Waals surface area contributed by atoms with Crippen LogP contribution in [0.4, 0.5) is 14.6 Å². The lowest BCUT2D eigenvalue weighted by Gasteiger charge is -2.34. The van der Waals surface area contributed by atoms with E-state index in [0.717, 1.165) is 37.1 Å². The molecule has 0 N–H and O–H groups in total. The Hall–Kier alpha value is -3.39. The number of hydrogen-bond donors (Lipinski definition) is 0. The summed E-state index contributed by atoms with van der Waals surface area (Å²) >= 11 is 1.26. The van der Waals surface area contributed by atoms with Crippen LogP contribution in [0.2, 0.25) is 0 Å². The zero-order valence-electron chi connectivity index (χ0n) is 31.5. The lowest BCUT2D eigenvalue weighted by molar-refractivity contribution is 0.0159. The normalized spacial score (nSPS) is 18.7. The predicted molar refractivity (Wildman–Crippen MR) is 201 cm³/mol. The lowest BCUT2D eigenvalue weighted by Crippen LogP contribution is -2.45. The molecule has 0 aliphatic carbocycles. The molecule has 2 aromatic heterocycles. The van der Waals surface area contributed by atoms with Crippen LogP contribution >= 0.6 is 11.3 Å². The zero-order chi connectivity index (χ0) is 36.6. The van der Waals surface area contributed by atoms with E-state index in [1.54, 1.807) is 13.2 Å². The number of aromatic nitrogens is 2. The molecule has 10 heteroatoms. The molecule has 50 heavy (non-hydrogen) atoms. The second-order valence-corrected chi connectivity index (χ2v) is 15.9. The van der Waals surface area contributed by atoms with Gasteiger partial charge in [-0.05, 0) is 81.2 Å². The van der Waals surface area contributed by atoms with Gasteiger partial charge in [0.2, 0.25) is 0 Å². The Labute approximate surface area is 300 Å². The van der Waals surface area contributed by atoms with Crippen LogP contribution in [0.15, 0.2) is 18.2 Å². The van der Waals surface area contributed by atoms with Gasteiger partial charge in [0.05, 0.1) is 22.4 Å². The molecule has 5 atom stereocenters. The van der Waals surface area contributed by atoms with Crippen LogP contribution in [-0.4, -0.2) is 66.9 Å². The Balaban J connectivity index is 1.74. The molecular formula is C40H53F2N5O2S. The molecule has 1 aliphatic rings. The summed E-state index contributed by atoms with van der Waals surface area (Å²) in [6, 6.07) is 7.41. The fourth-order valence-corrected chi connectivity index (χ4v) is 8.95. The number of likely N-dealkylation sites (N-methyl/N-ethyl adjacent to an activating group) is 1. The van der Waals surface area contributed by atoms with Gasteiger partial charge in [-0.2, -0.15) is 15.2 Å². The molecule has 0 saturated carbocycles. The van der Waals surface area contributed by atoms with E-state index in [0.29, 0.717) is 55.4 Å². The van der Waals surface area contributed by atoms with Gasteiger partial charge in [-0.3, -0.25) is 4.90 Å². The van der Waals surface area contributed by atoms with Gasteiger partial charge in [0.25, 0.3) is 0 Å². The molecule has 1 fully saturated rings. The maximum atomic E-state index is 17.4. The monoisotopic (exact) mass is 705 g/mol.